The van der Waals surface area contributed by atoms with Gasteiger partial charge in [0.2, 0.25) is 0 Å². The highest BCUT2D eigenvalue weighted by Crippen LogP contribution is 2.21. The van der Waals surface area contributed by atoms with Gasteiger partial charge in [0.05, 0.1) is 49.5 Å². The Morgan fingerprint density at radius 3 is 2.51 bits per heavy atom. The molecule has 0 radical (unpaired) electrons. The minimum atomic E-state index is -0.202. The first kappa shape index (κ1) is 29.1. The average molecular weight is 553 g/mol. The van der Waals surface area contributed by atoms with Gasteiger partial charge in [0, 0.05) is 17.2 Å². The Balaban J connectivity index is 0.000000714. The Hall–Kier alpha value is -4.88. The summed E-state index contributed by atoms with van der Waals surface area (Å²) in [7, 11) is 0. The van der Waals surface area contributed by atoms with Gasteiger partial charge >= 0.3 is 0 Å². The zero-order valence-electron chi connectivity index (χ0n) is 22.9. The van der Waals surface area contributed by atoms with Crippen LogP contribution in [0.3, 0.4) is 0 Å². The lowest BCUT2D eigenvalue weighted by Crippen LogP contribution is -2.30. The molecule has 3 heterocycles. The molecular formula is C31H32N6O4. The summed E-state index contributed by atoms with van der Waals surface area (Å²) in [5.41, 5.74) is 3.51. The van der Waals surface area contributed by atoms with E-state index in [4.69, 9.17) is 4.74 Å². The molecule has 210 valence electrons. The number of hydrogen-bond acceptors (Lipinski definition) is 9. The molecular weight excluding hydrogens is 520 g/mol. The molecule has 0 saturated carbocycles. The Kier molecular flexibility index (Phi) is 10.7. The van der Waals surface area contributed by atoms with Gasteiger partial charge in [-0.2, -0.15) is 10.4 Å². The first-order chi connectivity index (χ1) is 20.1. The van der Waals surface area contributed by atoms with Crippen molar-refractivity contribution in [1.29, 1.82) is 5.26 Å². The van der Waals surface area contributed by atoms with E-state index < -0.39 is 0 Å². The van der Waals surface area contributed by atoms with E-state index in [9.17, 15) is 14.9 Å². The molecule has 10 nitrogen and oxygen atoms in total. The smallest absolute Gasteiger partial charge is 0.293 e. The summed E-state index contributed by atoms with van der Waals surface area (Å²) in [6.07, 6.45) is 5.67. The number of nitriles is 1. The van der Waals surface area contributed by atoms with Crippen LogP contribution in [0.25, 0.3) is 22.6 Å². The number of carbonyl (C=O) groups excluding carboxylic acids is 1. The molecule has 2 aromatic heterocycles. The number of piperidine rings is 1. The van der Waals surface area contributed by atoms with Crippen molar-refractivity contribution in [3.8, 4) is 34.5 Å². The Labute approximate surface area is 238 Å². The molecule has 10 heteroatoms. The van der Waals surface area contributed by atoms with E-state index in [0.717, 1.165) is 42.6 Å². The number of carbonyl (C=O) groups is 1. The number of ether oxygens (including phenoxy) is 2. The average Bonchev–Trinajstić information content (AvgIpc) is 3.03. The van der Waals surface area contributed by atoms with Crippen molar-refractivity contribution in [2.75, 3.05) is 26.3 Å². The molecule has 1 N–H and O–H groups in total. The summed E-state index contributed by atoms with van der Waals surface area (Å²) >= 11 is 0. The molecule has 41 heavy (non-hydrogen) atoms. The standard InChI is InChI=1S/C28H26N6O2.C3H6O2/c29-15-21-3-1-5-23(13-21)26-7-8-27(35)34(33-26)18-22-4-2-6-24(14-22)28-31-16-25(17-32-28)36-19-20-9-11-30-12-10-20;1-2-5-3-4/h1-8,13-14,16-17,20,30H,9-12,18-19H2;3H,2H2,1H3. The predicted octanol–water partition coefficient (Wildman–Crippen LogP) is 3.84. The highest BCUT2D eigenvalue weighted by Gasteiger charge is 2.14. The van der Waals surface area contributed by atoms with Gasteiger partial charge in [-0.15, -0.1) is 0 Å². The molecule has 5 rings (SSSR count). The molecule has 0 atom stereocenters. The first-order valence-electron chi connectivity index (χ1n) is 13.5. The third kappa shape index (κ3) is 8.55. The summed E-state index contributed by atoms with van der Waals surface area (Å²) in [5, 5.41) is 17.1. The van der Waals surface area contributed by atoms with Crippen LogP contribution >= 0.6 is 0 Å². The maximum Gasteiger partial charge on any atom is 0.293 e. The Morgan fingerprint density at radius 2 is 1.80 bits per heavy atom. The number of rotatable bonds is 9. The summed E-state index contributed by atoms with van der Waals surface area (Å²) in [6, 6.07) is 20.2. The van der Waals surface area contributed by atoms with Gasteiger partial charge in [0.1, 0.15) is 0 Å². The second-order valence-electron chi connectivity index (χ2n) is 9.41. The predicted molar refractivity (Wildman–Crippen MR) is 154 cm³/mol. The maximum absolute atomic E-state index is 12.5. The number of hydrogen-bond donors (Lipinski definition) is 1. The molecule has 1 aliphatic rings. The molecule has 1 saturated heterocycles. The van der Waals surface area contributed by atoms with E-state index in [2.05, 4.69) is 31.2 Å². The quantitative estimate of drug-likeness (QED) is 0.308. The summed E-state index contributed by atoms with van der Waals surface area (Å²) in [6.45, 7) is 5.73. The molecule has 0 bridgehead atoms. The minimum absolute atomic E-state index is 0.202. The molecule has 0 aliphatic carbocycles. The summed E-state index contributed by atoms with van der Waals surface area (Å²) in [4.78, 5) is 30.7. The van der Waals surface area contributed by atoms with Crippen molar-refractivity contribution >= 4 is 6.47 Å². The first-order valence-corrected chi connectivity index (χ1v) is 13.5. The normalized spacial score (nSPS) is 12.9. The van der Waals surface area contributed by atoms with Gasteiger partial charge in [0.25, 0.3) is 12.0 Å². The lowest BCUT2D eigenvalue weighted by Gasteiger charge is -2.22. The van der Waals surface area contributed by atoms with E-state index in [1.807, 2.05) is 30.3 Å². The van der Waals surface area contributed by atoms with E-state index in [-0.39, 0.29) is 5.56 Å². The second-order valence-corrected chi connectivity index (χ2v) is 9.41. The van der Waals surface area contributed by atoms with E-state index in [1.165, 1.54) is 10.7 Å². The van der Waals surface area contributed by atoms with Crippen LogP contribution in [0.1, 0.15) is 30.9 Å². The molecule has 1 fully saturated rings. The Morgan fingerprint density at radius 1 is 1.05 bits per heavy atom. The molecule has 1 aliphatic heterocycles. The molecule has 4 aromatic rings. The third-order valence-corrected chi connectivity index (χ3v) is 6.48. The highest BCUT2D eigenvalue weighted by atomic mass is 16.5. The van der Waals surface area contributed by atoms with Crippen LogP contribution in [0.2, 0.25) is 0 Å². The van der Waals surface area contributed by atoms with Crippen molar-refractivity contribution in [3.63, 3.8) is 0 Å². The van der Waals surface area contributed by atoms with Crippen molar-refractivity contribution in [1.82, 2.24) is 25.1 Å². The van der Waals surface area contributed by atoms with Gasteiger partial charge in [-0.25, -0.2) is 14.6 Å². The van der Waals surface area contributed by atoms with Crippen LogP contribution in [0.5, 0.6) is 5.75 Å². The third-order valence-electron chi connectivity index (χ3n) is 6.48. The van der Waals surface area contributed by atoms with Crippen molar-refractivity contribution < 1.29 is 14.3 Å². The SMILES string of the molecule is CCOC=O.N#Cc1cccc(-c2ccc(=O)n(Cc3cccc(-c4ncc(OCC5CCNCC5)cn4)c3)n2)c1. The van der Waals surface area contributed by atoms with Gasteiger partial charge in [-0.1, -0.05) is 30.3 Å². The maximum atomic E-state index is 12.5. The van der Waals surface area contributed by atoms with Crippen LogP contribution in [0.4, 0.5) is 0 Å². The van der Waals surface area contributed by atoms with Crippen molar-refractivity contribution in [3.05, 3.63) is 94.5 Å². The highest BCUT2D eigenvalue weighted by molar-refractivity contribution is 5.60. The fourth-order valence-electron chi connectivity index (χ4n) is 4.32. The number of nitrogens with zero attached hydrogens (tertiary/aromatic N) is 5. The van der Waals surface area contributed by atoms with Crippen LogP contribution < -0.4 is 15.6 Å². The van der Waals surface area contributed by atoms with E-state index in [0.29, 0.717) is 55.0 Å². The monoisotopic (exact) mass is 552 g/mol. The summed E-state index contributed by atoms with van der Waals surface area (Å²) in [5.74, 6) is 1.82. The lowest BCUT2D eigenvalue weighted by atomic mass is 9.99. The van der Waals surface area contributed by atoms with Gasteiger partial charge in [0.15, 0.2) is 11.6 Å². The van der Waals surface area contributed by atoms with Crippen LogP contribution in [0, 0.1) is 17.2 Å². The zero-order chi connectivity index (χ0) is 28.9. The van der Waals surface area contributed by atoms with Crippen LogP contribution in [0.15, 0.2) is 77.9 Å². The van der Waals surface area contributed by atoms with Crippen molar-refractivity contribution in [2.45, 2.75) is 26.3 Å². The topological polar surface area (TPSA) is 132 Å². The van der Waals surface area contributed by atoms with Crippen LogP contribution in [-0.2, 0) is 16.1 Å². The van der Waals surface area contributed by atoms with Crippen molar-refractivity contribution in [2.24, 2.45) is 5.92 Å². The fraction of sp³-hybridized carbons (Fsp3) is 0.290. The van der Waals surface area contributed by atoms with E-state index >= 15 is 0 Å². The van der Waals surface area contributed by atoms with E-state index in [1.54, 1.807) is 43.6 Å². The Bertz CT molecular complexity index is 1520. The van der Waals surface area contributed by atoms with Gasteiger partial charge in [-0.3, -0.25) is 9.59 Å². The second kappa shape index (κ2) is 15.1. The number of benzene rings is 2. The number of nitrogens with one attached hydrogen (secondary N) is 1. The van der Waals surface area contributed by atoms with Crippen LogP contribution in [-0.4, -0.2) is 52.5 Å². The minimum Gasteiger partial charge on any atom is -0.490 e. The fourth-order valence-corrected chi connectivity index (χ4v) is 4.32. The molecule has 2 aromatic carbocycles. The molecule has 0 spiro atoms. The number of aromatic nitrogens is 4. The zero-order valence-corrected chi connectivity index (χ0v) is 22.9. The lowest BCUT2D eigenvalue weighted by molar-refractivity contribution is -0.128. The largest absolute Gasteiger partial charge is 0.490 e. The van der Waals surface area contributed by atoms with Gasteiger partial charge < -0.3 is 14.8 Å². The molecule has 0 unspecified atom stereocenters. The molecule has 0 amide bonds. The van der Waals surface area contributed by atoms with Gasteiger partial charge in [-0.05, 0) is 68.6 Å². The summed E-state index contributed by atoms with van der Waals surface area (Å²) < 4.78 is 11.5.